The van der Waals surface area contributed by atoms with Crippen molar-refractivity contribution in [2.24, 2.45) is 0 Å². The fourth-order valence-electron chi connectivity index (χ4n) is 3.03. The fraction of sp³-hybridized carbons (Fsp3) is 0.316. The van der Waals surface area contributed by atoms with E-state index in [2.05, 4.69) is 0 Å². The first kappa shape index (κ1) is 16.6. The quantitative estimate of drug-likeness (QED) is 0.936. The zero-order valence-corrected chi connectivity index (χ0v) is 13.3. The SMILES string of the molecule is O=C(c1ccccc1)N1CCOC(CO)(Cc2ccccc2F)C1. The standard InChI is InChI=1S/C19H20FNO3/c20-17-9-5-4-8-16(17)12-19(14-22)13-21(10-11-24-19)18(23)15-6-2-1-3-7-15/h1-9,22H,10-14H2. The van der Waals surface area contributed by atoms with E-state index in [1.807, 2.05) is 18.2 Å². The maximum Gasteiger partial charge on any atom is 0.254 e. The molecule has 1 aliphatic rings. The monoisotopic (exact) mass is 329 g/mol. The molecule has 4 nitrogen and oxygen atoms in total. The van der Waals surface area contributed by atoms with Gasteiger partial charge in [0.25, 0.3) is 5.91 Å². The van der Waals surface area contributed by atoms with Gasteiger partial charge in [-0.15, -0.1) is 0 Å². The molecule has 2 aromatic carbocycles. The van der Waals surface area contributed by atoms with E-state index in [1.54, 1.807) is 35.2 Å². The number of carbonyl (C=O) groups excluding carboxylic acids is 1. The van der Waals surface area contributed by atoms with Gasteiger partial charge in [0.15, 0.2) is 0 Å². The lowest BCUT2D eigenvalue weighted by atomic mass is 9.92. The lowest BCUT2D eigenvalue weighted by Gasteiger charge is -2.42. The molecule has 1 unspecified atom stereocenters. The Morgan fingerprint density at radius 2 is 1.88 bits per heavy atom. The smallest absolute Gasteiger partial charge is 0.254 e. The average molecular weight is 329 g/mol. The van der Waals surface area contributed by atoms with E-state index in [0.29, 0.717) is 24.3 Å². The summed E-state index contributed by atoms with van der Waals surface area (Å²) in [5.74, 6) is -0.439. The van der Waals surface area contributed by atoms with Gasteiger partial charge in [-0.1, -0.05) is 36.4 Å². The molecule has 1 atom stereocenters. The van der Waals surface area contributed by atoms with Gasteiger partial charge < -0.3 is 14.7 Å². The van der Waals surface area contributed by atoms with Crippen LogP contribution in [0, 0.1) is 5.82 Å². The Morgan fingerprint density at radius 1 is 1.17 bits per heavy atom. The van der Waals surface area contributed by atoms with E-state index < -0.39 is 5.60 Å². The minimum absolute atomic E-state index is 0.106. The third kappa shape index (κ3) is 3.47. The number of hydrogen-bond acceptors (Lipinski definition) is 3. The van der Waals surface area contributed by atoms with Crippen LogP contribution in [-0.4, -0.2) is 47.8 Å². The highest BCUT2D eigenvalue weighted by molar-refractivity contribution is 5.94. The molecule has 0 radical (unpaired) electrons. The van der Waals surface area contributed by atoms with Crippen LogP contribution in [0.25, 0.3) is 0 Å². The number of halogens is 1. The predicted molar refractivity (Wildman–Crippen MR) is 88.2 cm³/mol. The molecule has 1 aliphatic heterocycles. The lowest BCUT2D eigenvalue weighted by Crippen LogP contribution is -2.56. The molecule has 1 N–H and O–H groups in total. The van der Waals surface area contributed by atoms with E-state index in [1.165, 1.54) is 6.07 Å². The van der Waals surface area contributed by atoms with Crippen LogP contribution >= 0.6 is 0 Å². The first-order valence-electron chi connectivity index (χ1n) is 7.96. The predicted octanol–water partition coefficient (Wildman–Crippen LogP) is 2.27. The van der Waals surface area contributed by atoms with E-state index in [0.717, 1.165) is 0 Å². The topological polar surface area (TPSA) is 49.8 Å². The first-order valence-corrected chi connectivity index (χ1v) is 7.96. The zero-order valence-electron chi connectivity index (χ0n) is 13.3. The van der Waals surface area contributed by atoms with Gasteiger partial charge in [-0.2, -0.15) is 0 Å². The normalized spacial score (nSPS) is 20.8. The number of hydrogen-bond donors (Lipinski definition) is 1. The van der Waals surface area contributed by atoms with Crippen LogP contribution in [0.1, 0.15) is 15.9 Å². The number of benzene rings is 2. The second kappa shape index (κ2) is 7.11. The minimum Gasteiger partial charge on any atom is -0.393 e. The third-order valence-electron chi connectivity index (χ3n) is 4.32. The molecule has 126 valence electrons. The van der Waals surface area contributed by atoms with Gasteiger partial charge in [0.2, 0.25) is 0 Å². The molecule has 0 spiro atoms. The van der Waals surface area contributed by atoms with Gasteiger partial charge in [-0.05, 0) is 23.8 Å². The van der Waals surface area contributed by atoms with Crippen LogP contribution in [-0.2, 0) is 11.2 Å². The van der Waals surface area contributed by atoms with Crippen LogP contribution in [0.15, 0.2) is 54.6 Å². The zero-order chi connectivity index (χ0) is 17.0. The minimum atomic E-state index is -0.981. The van der Waals surface area contributed by atoms with Crippen molar-refractivity contribution in [1.29, 1.82) is 0 Å². The highest BCUT2D eigenvalue weighted by Crippen LogP contribution is 2.25. The number of amides is 1. The molecule has 0 bridgehead atoms. The molecule has 0 saturated carbocycles. The Morgan fingerprint density at radius 3 is 2.58 bits per heavy atom. The van der Waals surface area contributed by atoms with Crippen LogP contribution in [0.4, 0.5) is 4.39 Å². The fourth-order valence-corrected chi connectivity index (χ4v) is 3.03. The largest absolute Gasteiger partial charge is 0.393 e. The molecule has 24 heavy (non-hydrogen) atoms. The Bertz CT molecular complexity index is 707. The number of rotatable bonds is 4. The van der Waals surface area contributed by atoms with E-state index in [4.69, 9.17) is 4.74 Å². The maximum atomic E-state index is 14.0. The summed E-state index contributed by atoms with van der Waals surface area (Å²) in [5, 5.41) is 9.88. The molecular weight excluding hydrogens is 309 g/mol. The summed E-state index contributed by atoms with van der Waals surface area (Å²) >= 11 is 0. The highest BCUT2D eigenvalue weighted by atomic mass is 19.1. The molecule has 3 rings (SSSR count). The third-order valence-corrected chi connectivity index (χ3v) is 4.32. The summed E-state index contributed by atoms with van der Waals surface area (Å²) in [6.07, 6.45) is 0.217. The van der Waals surface area contributed by atoms with Gasteiger partial charge in [0, 0.05) is 18.5 Å². The Labute approximate surface area is 140 Å². The van der Waals surface area contributed by atoms with Gasteiger partial charge in [0.1, 0.15) is 11.4 Å². The van der Waals surface area contributed by atoms with Gasteiger partial charge in [0.05, 0.1) is 19.8 Å². The molecule has 1 heterocycles. The van der Waals surface area contributed by atoms with Crippen molar-refractivity contribution in [3.8, 4) is 0 Å². The van der Waals surface area contributed by atoms with Crippen LogP contribution in [0.2, 0.25) is 0 Å². The number of carbonyl (C=O) groups is 1. The van der Waals surface area contributed by atoms with Crippen LogP contribution < -0.4 is 0 Å². The number of nitrogens with zero attached hydrogens (tertiary/aromatic N) is 1. The highest BCUT2D eigenvalue weighted by Gasteiger charge is 2.38. The van der Waals surface area contributed by atoms with Crippen molar-refractivity contribution in [3.05, 3.63) is 71.5 Å². The molecule has 1 amide bonds. The average Bonchev–Trinajstić information content (AvgIpc) is 2.64. The lowest BCUT2D eigenvalue weighted by molar-refractivity contribution is -0.123. The summed E-state index contributed by atoms with van der Waals surface area (Å²) in [4.78, 5) is 14.3. The van der Waals surface area contributed by atoms with Crippen molar-refractivity contribution < 1.29 is 19.0 Å². The second-order valence-corrected chi connectivity index (χ2v) is 6.05. The van der Waals surface area contributed by atoms with Crippen LogP contribution in [0.3, 0.4) is 0 Å². The Hall–Kier alpha value is -2.24. The number of morpholine rings is 1. The number of aliphatic hydroxyl groups excluding tert-OH is 1. The van der Waals surface area contributed by atoms with Crippen molar-refractivity contribution in [2.45, 2.75) is 12.0 Å². The first-order chi connectivity index (χ1) is 11.6. The Balaban J connectivity index is 1.79. The van der Waals surface area contributed by atoms with Gasteiger partial charge in [-0.25, -0.2) is 4.39 Å². The van der Waals surface area contributed by atoms with E-state index >= 15 is 0 Å². The maximum absolute atomic E-state index is 14.0. The van der Waals surface area contributed by atoms with Gasteiger partial charge in [-0.3, -0.25) is 4.79 Å². The van der Waals surface area contributed by atoms with E-state index in [-0.39, 0.29) is 31.3 Å². The van der Waals surface area contributed by atoms with Crippen molar-refractivity contribution in [3.63, 3.8) is 0 Å². The van der Waals surface area contributed by atoms with Crippen molar-refractivity contribution >= 4 is 5.91 Å². The number of ether oxygens (including phenoxy) is 1. The van der Waals surface area contributed by atoms with Crippen molar-refractivity contribution in [1.82, 2.24) is 4.90 Å². The van der Waals surface area contributed by atoms with Gasteiger partial charge >= 0.3 is 0 Å². The molecule has 5 heteroatoms. The molecule has 0 aromatic heterocycles. The Kier molecular flexibility index (Phi) is 4.92. The van der Waals surface area contributed by atoms with E-state index in [9.17, 15) is 14.3 Å². The summed E-state index contributed by atoms with van der Waals surface area (Å²) in [6, 6.07) is 15.4. The summed E-state index contributed by atoms with van der Waals surface area (Å²) in [7, 11) is 0. The van der Waals surface area contributed by atoms with Crippen molar-refractivity contribution in [2.75, 3.05) is 26.3 Å². The molecule has 0 aliphatic carbocycles. The molecule has 2 aromatic rings. The molecule has 1 saturated heterocycles. The summed E-state index contributed by atoms with van der Waals surface area (Å²) in [6.45, 7) is 0.714. The molecule has 1 fully saturated rings. The summed E-state index contributed by atoms with van der Waals surface area (Å²) in [5.41, 5.74) is 0.0860. The molecular formula is C19H20FNO3. The second-order valence-electron chi connectivity index (χ2n) is 6.05. The summed E-state index contributed by atoms with van der Waals surface area (Å²) < 4.78 is 19.7. The van der Waals surface area contributed by atoms with Crippen LogP contribution in [0.5, 0.6) is 0 Å². The number of aliphatic hydroxyl groups is 1.